The Labute approximate surface area is 115 Å². The largest absolute Gasteiger partial charge is 0.399 e. The molecule has 2 nitrogen and oxygen atoms in total. The summed E-state index contributed by atoms with van der Waals surface area (Å²) < 4.78 is 1.31. The summed E-state index contributed by atoms with van der Waals surface area (Å²) in [4.78, 5) is 5.63. The Morgan fingerprint density at radius 1 is 1.11 bits per heavy atom. The topological polar surface area (TPSA) is 38.4 Å². The Hall–Kier alpha value is -2.13. The van der Waals surface area contributed by atoms with Gasteiger partial charge >= 0.3 is 0 Å². The molecule has 19 heavy (non-hydrogen) atoms. The summed E-state index contributed by atoms with van der Waals surface area (Å²) in [6, 6.07) is 14.8. The first-order chi connectivity index (χ1) is 9.31. The fraction of sp³-hybridized carbons (Fsp3) is 0.0625. The van der Waals surface area contributed by atoms with Gasteiger partial charge in [-0.15, -0.1) is 11.3 Å². The van der Waals surface area contributed by atoms with Crippen molar-refractivity contribution >= 4 is 33.3 Å². The van der Waals surface area contributed by atoms with Crippen LogP contribution in [-0.4, -0.2) is 6.21 Å². The van der Waals surface area contributed by atoms with Crippen molar-refractivity contribution in [2.24, 2.45) is 4.99 Å². The second-order valence-electron chi connectivity index (χ2n) is 4.75. The first kappa shape index (κ1) is 10.8. The lowest BCUT2D eigenvalue weighted by atomic mass is 10.0. The molecule has 0 unspecified atom stereocenters. The highest BCUT2D eigenvalue weighted by atomic mass is 32.1. The summed E-state index contributed by atoms with van der Waals surface area (Å²) in [6.45, 7) is 0.763. The molecule has 0 radical (unpaired) electrons. The van der Waals surface area contributed by atoms with Crippen LogP contribution in [0.1, 0.15) is 11.1 Å². The molecule has 3 heteroatoms. The quantitative estimate of drug-likeness (QED) is 0.661. The van der Waals surface area contributed by atoms with E-state index < -0.39 is 0 Å². The maximum Gasteiger partial charge on any atom is 0.0652 e. The van der Waals surface area contributed by atoms with Crippen LogP contribution in [0.5, 0.6) is 0 Å². The molecular formula is C16H12N2S. The van der Waals surface area contributed by atoms with Crippen molar-refractivity contribution in [3.05, 3.63) is 53.6 Å². The van der Waals surface area contributed by atoms with Gasteiger partial charge in [-0.2, -0.15) is 0 Å². The predicted molar refractivity (Wildman–Crippen MR) is 83.0 cm³/mol. The third-order valence-electron chi connectivity index (χ3n) is 3.48. The molecule has 0 saturated heterocycles. The average molecular weight is 264 g/mol. The van der Waals surface area contributed by atoms with Crippen LogP contribution in [0.4, 0.5) is 5.69 Å². The lowest BCUT2D eigenvalue weighted by Crippen LogP contribution is -1.93. The van der Waals surface area contributed by atoms with E-state index in [0.29, 0.717) is 0 Å². The molecule has 0 atom stereocenters. The smallest absolute Gasteiger partial charge is 0.0652 e. The summed E-state index contributed by atoms with van der Waals surface area (Å²) in [5.74, 6) is 0. The van der Waals surface area contributed by atoms with Crippen LogP contribution in [0.15, 0.2) is 47.5 Å². The number of nitrogen functional groups attached to an aromatic ring is 1. The number of hydrogen-bond donors (Lipinski definition) is 1. The molecule has 0 bridgehead atoms. The van der Waals surface area contributed by atoms with Gasteiger partial charge in [-0.05, 0) is 40.8 Å². The molecule has 0 aliphatic carbocycles. The monoisotopic (exact) mass is 264 g/mol. The Kier molecular flexibility index (Phi) is 2.23. The third kappa shape index (κ3) is 1.66. The lowest BCUT2D eigenvalue weighted by Gasteiger charge is -2.07. The molecule has 1 aliphatic rings. The number of thiophene rings is 1. The summed E-state index contributed by atoms with van der Waals surface area (Å²) in [7, 11) is 0. The SMILES string of the molecule is Nc1cc2c(c(-c3cc4ccccc4s3)c1)CN=C2. The molecule has 0 fully saturated rings. The van der Waals surface area contributed by atoms with E-state index >= 15 is 0 Å². The average Bonchev–Trinajstić information content (AvgIpc) is 3.03. The van der Waals surface area contributed by atoms with E-state index in [0.717, 1.165) is 17.8 Å². The summed E-state index contributed by atoms with van der Waals surface area (Å²) in [5.41, 5.74) is 10.5. The number of fused-ring (bicyclic) bond motifs is 2. The van der Waals surface area contributed by atoms with Gasteiger partial charge in [0.1, 0.15) is 0 Å². The second-order valence-corrected chi connectivity index (χ2v) is 5.84. The van der Waals surface area contributed by atoms with Crippen molar-refractivity contribution in [3.8, 4) is 10.4 Å². The number of nitrogens with zero attached hydrogens (tertiary/aromatic N) is 1. The van der Waals surface area contributed by atoms with Crippen molar-refractivity contribution in [2.75, 3.05) is 5.73 Å². The highest BCUT2D eigenvalue weighted by molar-refractivity contribution is 7.22. The first-order valence-corrected chi connectivity index (χ1v) is 7.04. The van der Waals surface area contributed by atoms with E-state index in [9.17, 15) is 0 Å². The minimum atomic E-state index is 0.763. The number of nitrogens with two attached hydrogens (primary N) is 1. The maximum atomic E-state index is 6.01. The summed E-state index contributed by atoms with van der Waals surface area (Å²) in [5, 5.41) is 1.29. The van der Waals surface area contributed by atoms with Gasteiger partial charge in [0.2, 0.25) is 0 Å². The zero-order valence-electron chi connectivity index (χ0n) is 10.3. The van der Waals surface area contributed by atoms with Gasteiger partial charge in [0, 0.05) is 27.0 Å². The molecular weight excluding hydrogens is 252 g/mol. The normalized spacial score (nSPS) is 13.1. The zero-order chi connectivity index (χ0) is 12.8. The van der Waals surface area contributed by atoms with E-state index in [4.69, 9.17) is 5.73 Å². The fourth-order valence-corrected chi connectivity index (χ4v) is 3.69. The van der Waals surface area contributed by atoms with Gasteiger partial charge in [0.05, 0.1) is 6.54 Å². The van der Waals surface area contributed by atoms with Gasteiger partial charge in [0.15, 0.2) is 0 Å². The lowest BCUT2D eigenvalue weighted by molar-refractivity contribution is 1.12. The van der Waals surface area contributed by atoms with Crippen molar-refractivity contribution < 1.29 is 0 Å². The minimum absolute atomic E-state index is 0.763. The van der Waals surface area contributed by atoms with Gasteiger partial charge in [-0.3, -0.25) is 4.99 Å². The van der Waals surface area contributed by atoms with Crippen LogP contribution in [0.25, 0.3) is 20.5 Å². The number of rotatable bonds is 1. The highest BCUT2D eigenvalue weighted by Gasteiger charge is 2.15. The number of aliphatic imine (C=N–C) groups is 1. The van der Waals surface area contributed by atoms with Crippen molar-refractivity contribution in [1.82, 2.24) is 0 Å². The van der Waals surface area contributed by atoms with E-state index in [-0.39, 0.29) is 0 Å². The summed E-state index contributed by atoms with van der Waals surface area (Å²) in [6.07, 6.45) is 1.92. The van der Waals surface area contributed by atoms with Crippen molar-refractivity contribution in [1.29, 1.82) is 0 Å². The van der Waals surface area contributed by atoms with Crippen molar-refractivity contribution in [2.45, 2.75) is 6.54 Å². The molecule has 2 N–H and O–H groups in total. The fourth-order valence-electron chi connectivity index (χ4n) is 2.58. The molecule has 3 aromatic rings. The van der Waals surface area contributed by atoms with Gasteiger partial charge < -0.3 is 5.73 Å². The molecule has 1 aromatic heterocycles. The van der Waals surface area contributed by atoms with Crippen molar-refractivity contribution in [3.63, 3.8) is 0 Å². The van der Waals surface area contributed by atoms with E-state index in [1.807, 2.05) is 23.6 Å². The van der Waals surface area contributed by atoms with E-state index in [1.54, 1.807) is 0 Å². The second kappa shape index (κ2) is 3.93. The standard InChI is InChI=1S/C16H12N2S/c17-12-5-11-8-18-9-14(11)13(7-12)16-6-10-3-1-2-4-15(10)19-16/h1-8H,9,17H2. The van der Waals surface area contributed by atoms with Crippen LogP contribution in [0, 0.1) is 0 Å². The molecule has 0 saturated carbocycles. The maximum absolute atomic E-state index is 6.01. The third-order valence-corrected chi connectivity index (χ3v) is 4.63. The predicted octanol–water partition coefficient (Wildman–Crippen LogP) is 4.08. The number of benzene rings is 2. The van der Waals surface area contributed by atoms with E-state index in [2.05, 4.69) is 41.4 Å². The van der Waals surface area contributed by atoms with Gasteiger partial charge in [0.25, 0.3) is 0 Å². The van der Waals surface area contributed by atoms with Crippen LogP contribution in [-0.2, 0) is 6.54 Å². The van der Waals surface area contributed by atoms with Gasteiger partial charge in [-0.1, -0.05) is 18.2 Å². The van der Waals surface area contributed by atoms with Gasteiger partial charge in [-0.25, -0.2) is 0 Å². The molecule has 1 aliphatic heterocycles. The van der Waals surface area contributed by atoms with Crippen LogP contribution < -0.4 is 5.73 Å². The molecule has 4 rings (SSSR count). The Balaban J connectivity index is 1.98. The highest BCUT2D eigenvalue weighted by Crippen LogP contribution is 2.38. The molecule has 0 amide bonds. The Morgan fingerprint density at radius 2 is 2.00 bits per heavy atom. The van der Waals surface area contributed by atoms with Crippen LogP contribution in [0.2, 0.25) is 0 Å². The minimum Gasteiger partial charge on any atom is -0.399 e. The molecule has 2 aromatic carbocycles. The molecule has 92 valence electrons. The molecule has 2 heterocycles. The van der Waals surface area contributed by atoms with E-state index in [1.165, 1.54) is 26.1 Å². The van der Waals surface area contributed by atoms with Crippen LogP contribution in [0.3, 0.4) is 0 Å². The Morgan fingerprint density at radius 3 is 2.89 bits per heavy atom. The zero-order valence-corrected chi connectivity index (χ0v) is 11.1. The Bertz CT molecular complexity index is 782. The number of anilines is 1. The number of hydrogen-bond acceptors (Lipinski definition) is 3. The summed E-state index contributed by atoms with van der Waals surface area (Å²) >= 11 is 1.81. The first-order valence-electron chi connectivity index (χ1n) is 6.22. The van der Waals surface area contributed by atoms with Crippen LogP contribution >= 0.6 is 11.3 Å². The molecule has 0 spiro atoms.